The molecule has 4 aromatic rings. The first-order valence-electron chi connectivity index (χ1n) is 12.1. The van der Waals surface area contributed by atoms with Crippen LogP contribution in [-0.2, 0) is 4.74 Å². The molecule has 0 saturated carbocycles. The topological polar surface area (TPSA) is 99.7 Å². The molecule has 0 fully saturated rings. The zero-order valence-corrected chi connectivity index (χ0v) is 23.1. The van der Waals surface area contributed by atoms with Gasteiger partial charge in [-0.05, 0) is 79.8 Å². The molecule has 3 aromatic carbocycles. The van der Waals surface area contributed by atoms with Crippen LogP contribution in [0.25, 0.3) is 0 Å². The smallest absolute Gasteiger partial charge is 0.388 e. The van der Waals surface area contributed by atoms with Crippen molar-refractivity contribution in [1.82, 2.24) is 15.0 Å². The van der Waals surface area contributed by atoms with Crippen LogP contribution in [0.5, 0.6) is 0 Å². The van der Waals surface area contributed by atoms with Gasteiger partial charge >= 0.3 is 6.36 Å². The van der Waals surface area contributed by atoms with Crippen LogP contribution in [-0.4, -0.2) is 40.3 Å². The summed E-state index contributed by atoms with van der Waals surface area (Å²) in [5, 5.41) is 17.0. The molecule has 0 unspecified atom stereocenters. The van der Waals surface area contributed by atoms with E-state index in [1.54, 1.807) is 6.07 Å². The predicted molar refractivity (Wildman–Crippen MR) is 149 cm³/mol. The molecule has 0 aliphatic heterocycles. The van der Waals surface area contributed by atoms with Crippen LogP contribution in [0.3, 0.4) is 0 Å². The first kappa shape index (κ1) is 29.0. The van der Waals surface area contributed by atoms with E-state index < -0.39 is 12.3 Å². The van der Waals surface area contributed by atoms with Crippen molar-refractivity contribution < 1.29 is 17.9 Å². The molecule has 0 aliphatic carbocycles. The molecular weight excluding hydrogens is 559 g/mol. The van der Waals surface area contributed by atoms with Crippen LogP contribution < -0.4 is 4.90 Å². The van der Waals surface area contributed by atoms with Crippen molar-refractivity contribution in [1.29, 1.82) is 5.41 Å². The van der Waals surface area contributed by atoms with Crippen molar-refractivity contribution in [2.45, 2.75) is 40.3 Å². The third-order valence-corrected chi connectivity index (χ3v) is 7.05. The number of nitrogens with one attached hydrogen (secondary N) is 1. The standard InChI is InChI=1S/C27H24F3N7OS2/c1-3-37(4-2)18-15-16-22(21(17-18)23(31)38-27(28,29)30)35-36-24-32-25(39-19-11-7-5-8-12-19)34-26(33-24)40-20-13-9-6-10-14-20/h5-17,31H,3-4H2,1-2H3. The van der Waals surface area contributed by atoms with E-state index in [-0.39, 0.29) is 17.2 Å². The van der Waals surface area contributed by atoms with Gasteiger partial charge in [0.2, 0.25) is 5.90 Å². The number of hydrogen-bond acceptors (Lipinski definition) is 10. The molecule has 0 atom stereocenters. The first-order valence-corrected chi connectivity index (χ1v) is 13.7. The monoisotopic (exact) mass is 583 g/mol. The summed E-state index contributed by atoms with van der Waals surface area (Å²) in [5.41, 5.74) is 0.454. The average molecular weight is 584 g/mol. The van der Waals surface area contributed by atoms with Crippen LogP contribution in [0.15, 0.2) is 109 Å². The quantitative estimate of drug-likeness (QED) is 0.114. The average Bonchev–Trinajstić information content (AvgIpc) is 2.93. The molecule has 0 bridgehead atoms. The summed E-state index contributed by atoms with van der Waals surface area (Å²) in [6.07, 6.45) is -5.03. The molecule has 4 rings (SSSR count). The van der Waals surface area contributed by atoms with Crippen LogP contribution in [0.1, 0.15) is 19.4 Å². The van der Waals surface area contributed by atoms with Gasteiger partial charge in [-0.3, -0.25) is 5.41 Å². The zero-order chi connectivity index (χ0) is 28.5. The lowest BCUT2D eigenvalue weighted by molar-refractivity contribution is -0.283. The Morgan fingerprint density at radius 2 is 1.38 bits per heavy atom. The van der Waals surface area contributed by atoms with Gasteiger partial charge in [-0.15, -0.1) is 23.4 Å². The molecule has 40 heavy (non-hydrogen) atoms. The minimum atomic E-state index is -5.03. The summed E-state index contributed by atoms with van der Waals surface area (Å²) in [5.74, 6) is -1.12. The Bertz CT molecular complexity index is 1410. The SMILES string of the molecule is CCN(CC)c1ccc(N=Nc2nc(Sc3ccccc3)nc(Sc3ccccc3)n2)c(C(=N)OC(F)(F)F)c1. The van der Waals surface area contributed by atoms with Crippen molar-refractivity contribution in [2.75, 3.05) is 18.0 Å². The van der Waals surface area contributed by atoms with E-state index in [2.05, 4.69) is 29.9 Å². The fourth-order valence-electron chi connectivity index (χ4n) is 3.50. The fraction of sp³-hybridized carbons (Fsp3) is 0.185. The maximum absolute atomic E-state index is 13.0. The van der Waals surface area contributed by atoms with Crippen LogP contribution >= 0.6 is 23.5 Å². The van der Waals surface area contributed by atoms with Gasteiger partial charge in [0.25, 0.3) is 5.95 Å². The third kappa shape index (κ3) is 8.26. The molecular formula is C27H24F3N7OS2. The van der Waals surface area contributed by atoms with E-state index in [1.807, 2.05) is 79.4 Å². The highest BCUT2D eigenvalue weighted by molar-refractivity contribution is 7.99. The molecule has 1 aromatic heterocycles. The Morgan fingerprint density at radius 3 is 1.88 bits per heavy atom. The van der Waals surface area contributed by atoms with Crippen LogP contribution in [0.4, 0.5) is 30.5 Å². The van der Waals surface area contributed by atoms with Crippen molar-refractivity contribution in [2.24, 2.45) is 10.2 Å². The van der Waals surface area contributed by atoms with Gasteiger partial charge in [0, 0.05) is 28.6 Å². The van der Waals surface area contributed by atoms with Crippen molar-refractivity contribution in [3.05, 3.63) is 84.4 Å². The summed E-state index contributed by atoms with van der Waals surface area (Å²) in [7, 11) is 0. The van der Waals surface area contributed by atoms with E-state index >= 15 is 0 Å². The van der Waals surface area contributed by atoms with Crippen LogP contribution in [0.2, 0.25) is 0 Å². The number of nitrogens with zero attached hydrogens (tertiary/aromatic N) is 6. The summed E-state index contributed by atoms with van der Waals surface area (Å²) >= 11 is 2.62. The number of benzene rings is 3. The van der Waals surface area contributed by atoms with Gasteiger partial charge in [-0.25, -0.2) is 0 Å². The largest absolute Gasteiger partial charge is 0.574 e. The lowest BCUT2D eigenvalue weighted by Gasteiger charge is -2.22. The second kappa shape index (κ2) is 13.4. The molecule has 1 heterocycles. The normalized spacial score (nSPS) is 11.5. The predicted octanol–water partition coefficient (Wildman–Crippen LogP) is 8.30. The molecule has 0 spiro atoms. The Balaban J connectivity index is 1.71. The molecule has 206 valence electrons. The number of azo groups is 1. The van der Waals surface area contributed by atoms with Crippen LogP contribution in [0, 0.1) is 5.41 Å². The van der Waals surface area contributed by atoms with Crippen molar-refractivity contribution in [3.63, 3.8) is 0 Å². The van der Waals surface area contributed by atoms with E-state index in [0.29, 0.717) is 29.1 Å². The molecule has 13 heteroatoms. The highest BCUT2D eigenvalue weighted by atomic mass is 32.2. The summed E-state index contributed by atoms with van der Waals surface area (Å²) in [4.78, 5) is 17.0. The third-order valence-electron chi connectivity index (χ3n) is 5.31. The molecule has 0 amide bonds. The number of halogens is 3. The number of hydrogen-bond donors (Lipinski definition) is 1. The van der Waals surface area contributed by atoms with Gasteiger partial charge in [0.15, 0.2) is 10.3 Å². The highest BCUT2D eigenvalue weighted by Gasteiger charge is 2.33. The minimum Gasteiger partial charge on any atom is -0.388 e. The Kier molecular flexibility index (Phi) is 9.72. The number of alkyl halides is 3. The molecule has 0 aliphatic rings. The fourth-order valence-corrected chi connectivity index (χ4v) is 5.08. The van der Waals surface area contributed by atoms with Gasteiger partial charge < -0.3 is 9.64 Å². The number of ether oxygens (including phenoxy) is 1. The Morgan fingerprint density at radius 1 is 0.825 bits per heavy atom. The summed E-state index contributed by atoms with van der Waals surface area (Å²) in [6, 6.07) is 23.6. The van der Waals surface area contributed by atoms with E-state index in [1.165, 1.54) is 35.7 Å². The number of anilines is 1. The Labute approximate surface area is 237 Å². The maximum atomic E-state index is 13.0. The van der Waals surface area contributed by atoms with E-state index in [0.717, 1.165) is 9.79 Å². The van der Waals surface area contributed by atoms with Crippen molar-refractivity contribution >= 4 is 46.7 Å². The summed E-state index contributed by atoms with van der Waals surface area (Å²) in [6.45, 7) is 5.09. The molecule has 8 nitrogen and oxygen atoms in total. The number of rotatable bonds is 10. The van der Waals surface area contributed by atoms with E-state index in [4.69, 9.17) is 5.41 Å². The van der Waals surface area contributed by atoms with Gasteiger partial charge in [-0.2, -0.15) is 15.0 Å². The lowest BCUT2D eigenvalue weighted by atomic mass is 10.1. The molecule has 0 radical (unpaired) electrons. The second-order valence-corrected chi connectivity index (χ2v) is 10.1. The van der Waals surface area contributed by atoms with E-state index in [9.17, 15) is 13.2 Å². The minimum absolute atomic E-state index is 0.0000863. The zero-order valence-electron chi connectivity index (χ0n) is 21.5. The van der Waals surface area contributed by atoms with Gasteiger partial charge in [-0.1, -0.05) is 36.4 Å². The van der Waals surface area contributed by atoms with Gasteiger partial charge in [0.05, 0.1) is 11.3 Å². The first-order chi connectivity index (χ1) is 19.2. The van der Waals surface area contributed by atoms with Gasteiger partial charge in [0.1, 0.15) is 0 Å². The maximum Gasteiger partial charge on any atom is 0.574 e. The molecule has 1 N–H and O–H groups in total. The Hall–Kier alpha value is -3.97. The van der Waals surface area contributed by atoms with Crippen molar-refractivity contribution in [3.8, 4) is 0 Å². The lowest BCUT2D eigenvalue weighted by Crippen LogP contribution is -2.23. The molecule has 0 saturated heterocycles. The summed E-state index contributed by atoms with van der Waals surface area (Å²) < 4.78 is 42.8. The number of aromatic nitrogens is 3. The highest BCUT2D eigenvalue weighted by Crippen LogP contribution is 2.32. The second-order valence-electron chi connectivity index (χ2n) is 7.98.